The lowest BCUT2D eigenvalue weighted by atomic mass is 9.82. The van der Waals surface area contributed by atoms with Gasteiger partial charge in [0.05, 0.1) is 5.56 Å². The zero-order valence-corrected chi connectivity index (χ0v) is 11.7. The average Bonchev–Trinajstić information content (AvgIpc) is 2.64. The molecule has 0 aliphatic rings. The molecule has 0 saturated carbocycles. The van der Waals surface area contributed by atoms with Crippen LogP contribution in [0.4, 0.5) is 0 Å². The molecule has 0 aromatic carbocycles. The number of hydrogen-bond acceptors (Lipinski definition) is 3. The summed E-state index contributed by atoms with van der Waals surface area (Å²) in [7, 11) is 0. The molecule has 0 bridgehead atoms. The van der Waals surface area contributed by atoms with E-state index in [4.69, 9.17) is 5.11 Å². The summed E-state index contributed by atoms with van der Waals surface area (Å²) >= 11 is 1.49. The third kappa shape index (κ3) is 4.48. The Balaban J connectivity index is 2.38. The van der Waals surface area contributed by atoms with Gasteiger partial charge in [0.15, 0.2) is 0 Å². The predicted molar refractivity (Wildman–Crippen MR) is 71.6 cm³/mol. The molecule has 1 aromatic rings. The third-order valence-electron chi connectivity index (χ3n) is 3.13. The van der Waals surface area contributed by atoms with Crippen molar-refractivity contribution in [2.45, 2.75) is 34.2 Å². The number of carbonyl (C=O) groups is 1. The first-order chi connectivity index (χ1) is 7.80. The highest BCUT2D eigenvalue weighted by Gasteiger charge is 2.19. The van der Waals surface area contributed by atoms with Crippen LogP contribution in [0.15, 0.2) is 11.4 Å². The van der Waals surface area contributed by atoms with Gasteiger partial charge in [0.25, 0.3) is 0 Å². The Labute approximate surface area is 107 Å². The third-order valence-corrected chi connectivity index (χ3v) is 4.07. The van der Waals surface area contributed by atoms with E-state index in [9.17, 15) is 4.79 Å². The minimum Gasteiger partial charge on any atom is -0.478 e. The van der Waals surface area contributed by atoms with Gasteiger partial charge in [-0.15, -0.1) is 11.3 Å². The van der Waals surface area contributed by atoms with E-state index in [-0.39, 0.29) is 0 Å². The number of carboxylic acids is 1. The molecule has 1 rings (SSSR count). The first-order valence-corrected chi connectivity index (χ1v) is 6.70. The molecule has 1 heterocycles. The Kier molecular flexibility index (Phi) is 4.71. The minimum absolute atomic E-state index is 0.300. The summed E-state index contributed by atoms with van der Waals surface area (Å²) < 4.78 is 0. The Bertz CT molecular complexity index is 379. The monoisotopic (exact) mass is 255 g/mol. The highest BCUT2D eigenvalue weighted by molar-refractivity contribution is 7.10. The molecular weight excluding hydrogens is 234 g/mol. The molecule has 0 spiro atoms. The van der Waals surface area contributed by atoms with Crippen LogP contribution in [-0.4, -0.2) is 17.6 Å². The largest absolute Gasteiger partial charge is 0.478 e. The molecule has 0 aliphatic heterocycles. The van der Waals surface area contributed by atoms with Crippen LogP contribution in [0.2, 0.25) is 0 Å². The van der Waals surface area contributed by atoms with Gasteiger partial charge in [0.1, 0.15) is 0 Å². The van der Waals surface area contributed by atoms with Crippen LogP contribution < -0.4 is 5.32 Å². The van der Waals surface area contributed by atoms with Gasteiger partial charge in [0.2, 0.25) is 0 Å². The molecule has 0 fully saturated rings. The molecule has 0 aliphatic carbocycles. The summed E-state index contributed by atoms with van der Waals surface area (Å²) in [5.41, 5.74) is 0.685. The second-order valence-corrected chi connectivity index (χ2v) is 6.50. The normalized spacial score (nSPS) is 13.6. The van der Waals surface area contributed by atoms with Gasteiger partial charge < -0.3 is 10.4 Å². The van der Waals surface area contributed by atoms with E-state index in [1.54, 1.807) is 11.4 Å². The molecule has 3 nitrogen and oxygen atoms in total. The zero-order valence-electron chi connectivity index (χ0n) is 10.9. The van der Waals surface area contributed by atoms with Crippen molar-refractivity contribution in [2.24, 2.45) is 11.3 Å². The van der Waals surface area contributed by atoms with E-state index in [1.165, 1.54) is 11.3 Å². The quantitative estimate of drug-likeness (QED) is 0.849. The van der Waals surface area contributed by atoms with Crippen LogP contribution >= 0.6 is 11.3 Å². The highest BCUT2D eigenvalue weighted by atomic mass is 32.1. The van der Waals surface area contributed by atoms with Crippen LogP contribution in [0.5, 0.6) is 0 Å². The Hall–Kier alpha value is -0.870. The molecule has 96 valence electrons. The fourth-order valence-corrected chi connectivity index (χ4v) is 2.13. The molecule has 1 unspecified atom stereocenters. The molecule has 1 atom stereocenters. The predicted octanol–water partition coefficient (Wildman–Crippen LogP) is 3.22. The Morgan fingerprint density at radius 1 is 1.53 bits per heavy atom. The van der Waals surface area contributed by atoms with Crippen molar-refractivity contribution in [3.05, 3.63) is 21.9 Å². The summed E-state index contributed by atoms with van der Waals surface area (Å²) in [5, 5.41) is 13.9. The van der Waals surface area contributed by atoms with Gasteiger partial charge in [-0.1, -0.05) is 27.7 Å². The second-order valence-electron chi connectivity index (χ2n) is 5.50. The van der Waals surface area contributed by atoms with Crippen molar-refractivity contribution in [3.63, 3.8) is 0 Å². The molecule has 1 aromatic heterocycles. The smallest absolute Gasteiger partial charge is 0.336 e. The molecule has 4 heteroatoms. The molecule has 0 saturated heterocycles. The number of nitrogens with one attached hydrogen (secondary N) is 1. The van der Waals surface area contributed by atoms with E-state index in [0.717, 1.165) is 18.0 Å². The zero-order chi connectivity index (χ0) is 13.1. The maximum atomic E-state index is 10.7. The Morgan fingerprint density at radius 3 is 2.65 bits per heavy atom. The van der Waals surface area contributed by atoms with E-state index in [2.05, 4.69) is 33.0 Å². The van der Waals surface area contributed by atoms with Crippen molar-refractivity contribution in [2.75, 3.05) is 6.54 Å². The topological polar surface area (TPSA) is 49.3 Å². The molecule has 2 N–H and O–H groups in total. The second kappa shape index (κ2) is 5.65. The maximum Gasteiger partial charge on any atom is 0.336 e. The van der Waals surface area contributed by atoms with Crippen molar-refractivity contribution in [1.29, 1.82) is 0 Å². The fourth-order valence-electron chi connectivity index (χ4n) is 1.30. The molecule has 17 heavy (non-hydrogen) atoms. The standard InChI is InChI=1S/C13H21NO2S/c1-9(13(2,3)4)6-14-7-11-5-10(8-17-11)12(15)16/h5,8-9,14H,6-7H2,1-4H3,(H,15,16). The SMILES string of the molecule is CC(CNCc1cc(C(=O)O)cs1)C(C)(C)C. The van der Waals surface area contributed by atoms with Gasteiger partial charge in [-0.2, -0.15) is 0 Å². The number of hydrogen-bond donors (Lipinski definition) is 2. The maximum absolute atomic E-state index is 10.7. The fraction of sp³-hybridized carbons (Fsp3) is 0.615. The summed E-state index contributed by atoms with van der Waals surface area (Å²) in [6.45, 7) is 10.6. The van der Waals surface area contributed by atoms with Crippen molar-refractivity contribution in [3.8, 4) is 0 Å². The van der Waals surface area contributed by atoms with Crippen LogP contribution in [0.25, 0.3) is 0 Å². The van der Waals surface area contributed by atoms with Gasteiger partial charge in [-0.05, 0) is 23.9 Å². The first kappa shape index (κ1) is 14.2. The van der Waals surface area contributed by atoms with Gasteiger partial charge in [-0.3, -0.25) is 0 Å². The lowest BCUT2D eigenvalue weighted by molar-refractivity contribution is 0.0697. The van der Waals surface area contributed by atoms with Crippen molar-refractivity contribution >= 4 is 17.3 Å². The summed E-state index contributed by atoms with van der Waals surface area (Å²) in [5.74, 6) is -0.267. The minimum atomic E-state index is -0.851. The summed E-state index contributed by atoms with van der Waals surface area (Å²) in [6, 6.07) is 1.74. The number of rotatable bonds is 5. The van der Waals surface area contributed by atoms with Crippen molar-refractivity contribution in [1.82, 2.24) is 5.32 Å². The average molecular weight is 255 g/mol. The summed E-state index contributed by atoms with van der Waals surface area (Å²) in [6.07, 6.45) is 0. The number of aromatic carboxylic acids is 1. The van der Waals surface area contributed by atoms with E-state index < -0.39 is 5.97 Å². The highest BCUT2D eigenvalue weighted by Crippen LogP contribution is 2.24. The van der Waals surface area contributed by atoms with Gasteiger partial charge in [-0.25, -0.2) is 4.79 Å². The van der Waals surface area contributed by atoms with Crippen LogP contribution in [0.1, 0.15) is 42.9 Å². The number of thiophene rings is 1. The van der Waals surface area contributed by atoms with Gasteiger partial charge in [0, 0.05) is 16.8 Å². The van der Waals surface area contributed by atoms with Crippen LogP contribution in [0.3, 0.4) is 0 Å². The van der Waals surface area contributed by atoms with Gasteiger partial charge >= 0.3 is 5.97 Å². The van der Waals surface area contributed by atoms with Crippen LogP contribution in [0, 0.1) is 11.3 Å². The lowest BCUT2D eigenvalue weighted by Crippen LogP contribution is -2.29. The van der Waals surface area contributed by atoms with E-state index >= 15 is 0 Å². The van der Waals surface area contributed by atoms with E-state index in [1.807, 2.05) is 0 Å². The summed E-state index contributed by atoms with van der Waals surface area (Å²) in [4.78, 5) is 11.8. The Morgan fingerprint density at radius 2 is 2.18 bits per heavy atom. The molecule has 0 radical (unpaired) electrons. The molecule has 0 amide bonds. The molecular formula is C13H21NO2S. The first-order valence-electron chi connectivity index (χ1n) is 5.82. The lowest BCUT2D eigenvalue weighted by Gasteiger charge is -2.27. The number of carboxylic acid groups (broad SMARTS) is 1. The van der Waals surface area contributed by atoms with Crippen molar-refractivity contribution < 1.29 is 9.90 Å². The van der Waals surface area contributed by atoms with Crippen LogP contribution in [-0.2, 0) is 6.54 Å². The van der Waals surface area contributed by atoms with E-state index in [0.29, 0.717) is 16.9 Å².